The van der Waals surface area contributed by atoms with Gasteiger partial charge in [-0.25, -0.2) is 4.99 Å². The Morgan fingerprint density at radius 3 is 2.86 bits per heavy atom. The van der Waals surface area contributed by atoms with Gasteiger partial charge in [0.1, 0.15) is 6.34 Å². The van der Waals surface area contributed by atoms with Crippen LogP contribution in [0.25, 0.3) is 0 Å². The van der Waals surface area contributed by atoms with Gasteiger partial charge >= 0.3 is 0 Å². The molecule has 0 spiro atoms. The average Bonchev–Trinajstić information content (AvgIpc) is 1.69. The summed E-state index contributed by atoms with van der Waals surface area (Å²) in [7, 11) is 0. The van der Waals surface area contributed by atoms with Crippen LogP contribution >= 0.6 is 22.6 Å². The maximum atomic E-state index is 4.88. The highest BCUT2D eigenvalue weighted by molar-refractivity contribution is 14.1. The second-order valence-corrected chi connectivity index (χ2v) is 1.40. The van der Waals surface area contributed by atoms with Crippen molar-refractivity contribution >= 4 is 35.3 Å². The first-order valence-electron chi connectivity index (χ1n) is 1.69. The molecule has 7 heavy (non-hydrogen) atoms. The van der Waals surface area contributed by atoms with Crippen molar-refractivity contribution in [3.63, 3.8) is 0 Å². The van der Waals surface area contributed by atoms with Crippen LogP contribution in [0.15, 0.2) is 9.98 Å². The summed E-state index contributed by atoms with van der Waals surface area (Å²) < 4.78 is 0.731. The summed E-state index contributed by atoms with van der Waals surface area (Å²) in [4.78, 5) is 7.26. The van der Waals surface area contributed by atoms with Crippen molar-refractivity contribution in [2.24, 2.45) is 15.7 Å². The predicted molar refractivity (Wildman–Crippen MR) is 40.1 cm³/mol. The molecule has 40 valence electrons. The van der Waals surface area contributed by atoms with Crippen LogP contribution in [0.2, 0.25) is 0 Å². The molecule has 0 saturated carbocycles. The van der Waals surface area contributed by atoms with Crippen LogP contribution in [0, 0.1) is 0 Å². The number of halogens is 1. The summed E-state index contributed by atoms with van der Waals surface area (Å²) in [5.41, 5.74) is 4.88. The molecule has 2 N–H and O–H groups in total. The minimum Gasteiger partial charge on any atom is -0.390 e. The Morgan fingerprint density at radius 1 is 1.71 bits per heavy atom. The lowest BCUT2D eigenvalue weighted by Gasteiger charge is -1.71. The van der Waals surface area contributed by atoms with E-state index in [2.05, 4.69) is 32.6 Å². The molecule has 0 aromatic heterocycles. The highest BCUT2D eigenvalue weighted by Gasteiger charge is 1.59. The Morgan fingerprint density at radius 2 is 2.43 bits per heavy atom. The maximum absolute atomic E-state index is 4.88. The molecule has 0 heterocycles. The molecular weight excluding hydrogens is 205 g/mol. The Bertz CT molecular complexity index is 78.2. The van der Waals surface area contributed by atoms with Gasteiger partial charge in [0.25, 0.3) is 0 Å². The molecule has 0 aliphatic rings. The molecule has 0 aromatic rings. The van der Waals surface area contributed by atoms with Crippen LogP contribution in [-0.2, 0) is 0 Å². The summed E-state index contributed by atoms with van der Waals surface area (Å²) >= 11 is 2.11. The average molecular weight is 211 g/mol. The normalized spacial score (nSPS) is 11.6. The zero-order valence-electron chi connectivity index (χ0n) is 3.71. The minimum absolute atomic E-state index is 0.731. The van der Waals surface area contributed by atoms with Gasteiger partial charge in [-0.1, -0.05) is 22.6 Å². The first-order valence-corrected chi connectivity index (χ1v) is 3.22. The molecule has 0 unspecified atom stereocenters. The number of aliphatic imine (C=N–C) groups is 2. The van der Waals surface area contributed by atoms with E-state index in [-0.39, 0.29) is 0 Å². The number of nitrogens with two attached hydrogens (primary N) is 1. The molecule has 0 saturated heterocycles. The zero-order chi connectivity index (χ0) is 5.54. The van der Waals surface area contributed by atoms with Gasteiger partial charge in [0.15, 0.2) is 0 Å². The van der Waals surface area contributed by atoms with Crippen LogP contribution in [0.3, 0.4) is 0 Å². The molecule has 0 aliphatic heterocycles. The summed E-state index contributed by atoms with van der Waals surface area (Å²) in [6, 6.07) is 0. The number of nitrogens with zero attached hydrogens (tertiary/aromatic N) is 2. The fourth-order valence-corrected chi connectivity index (χ4v) is 0.293. The number of alkyl halides is 1. The molecule has 4 heteroatoms. The van der Waals surface area contributed by atoms with Crippen molar-refractivity contribution < 1.29 is 0 Å². The van der Waals surface area contributed by atoms with Crippen LogP contribution in [0.1, 0.15) is 0 Å². The predicted octanol–water partition coefficient (Wildman–Crippen LogP) is 0.394. The minimum atomic E-state index is 0.731. The second-order valence-electron chi connectivity index (χ2n) is 0.716. The van der Waals surface area contributed by atoms with E-state index >= 15 is 0 Å². The topological polar surface area (TPSA) is 50.7 Å². The third-order valence-electron chi connectivity index (χ3n) is 0.303. The lowest BCUT2D eigenvalue weighted by atomic mass is 11.2. The van der Waals surface area contributed by atoms with E-state index in [1.54, 1.807) is 0 Å². The van der Waals surface area contributed by atoms with Gasteiger partial charge in [-0.3, -0.25) is 4.99 Å². The SMILES string of the molecule is NC=NC=NCI. The molecule has 3 nitrogen and oxygen atoms in total. The van der Waals surface area contributed by atoms with Crippen molar-refractivity contribution in [1.29, 1.82) is 0 Å². The monoisotopic (exact) mass is 211 g/mol. The highest BCUT2D eigenvalue weighted by atomic mass is 127. The van der Waals surface area contributed by atoms with Crippen LogP contribution < -0.4 is 5.73 Å². The van der Waals surface area contributed by atoms with Gasteiger partial charge in [-0.2, -0.15) is 0 Å². The van der Waals surface area contributed by atoms with E-state index in [1.165, 1.54) is 12.7 Å². The van der Waals surface area contributed by atoms with E-state index in [9.17, 15) is 0 Å². The largest absolute Gasteiger partial charge is 0.390 e. The van der Waals surface area contributed by atoms with Gasteiger partial charge in [-0.15, -0.1) is 0 Å². The molecule has 0 radical (unpaired) electrons. The molecule has 0 fully saturated rings. The Kier molecular flexibility index (Phi) is 5.76. The van der Waals surface area contributed by atoms with Crippen molar-refractivity contribution in [2.45, 2.75) is 0 Å². The molecule has 0 rings (SSSR count). The third kappa shape index (κ3) is 5.87. The van der Waals surface area contributed by atoms with E-state index in [0.29, 0.717) is 0 Å². The summed E-state index contributed by atoms with van der Waals surface area (Å²) in [6.07, 6.45) is 2.63. The van der Waals surface area contributed by atoms with Crippen LogP contribution in [0.5, 0.6) is 0 Å². The molecular formula is C3H6IN3. The second kappa shape index (κ2) is 5.87. The number of hydrogen-bond acceptors (Lipinski definition) is 1. The van der Waals surface area contributed by atoms with Crippen molar-refractivity contribution in [1.82, 2.24) is 0 Å². The van der Waals surface area contributed by atoms with Crippen LogP contribution in [-0.4, -0.2) is 17.2 Å². The van der Waals surface area contributed by atoms with Gasteiger partial charge < -0.3 is 5.73 Å². The lowest BCUT2D eigenvalue weighted by molar-refractivity contribution is 1.42. The van der Waals surface area contributed by atoms with Crippen molar-refractivity contribution in [2.75, 3.05) is 4.55 Å². The van der Waals surface area contributed by atoms with Crippen molar-refractivity contribution in [3.8, 4) is 0 Å². The van der Waals surface area contributed by atoms with E-state index < -0.39 is 0 Å². The van der Waals surface area contributed by atoms with E-state index in [0.717, 1.165) is 4.55 Å². The van der Waals surface area contributed by atoms with Gasteiger partial charge in [0, 0.05) is 0 Å². The quantitative estimate of drug-likeness (QED) is 0.232. The van der Waals surface area contributed by atoms with E-state index in [4.69, 9.17) is 5.73 Å². The summed E-state index contributed by atoms with van der Waals surface area (Å²) in [6.45, 7) is 0. The molecule has 0 bridgehead atoms. The number of hydrogen-bond donors (Lipinski definition) is 1. The smallest absolute Gasteiger partial charge is 0.112 e. The third-order valence-corrected chi connectivity index (χ3v) is 0.697. The zero-order valence-corrected chi connectivity index (χ0v) is 5.87. The first kappa shape index (κ1) is 6.87. The Hall–Kier alpha value is -0.130. The molecule has 0 aromatic carbocycles. The van der Waals surface area contributed by atoms with Gasteiger partial charge in [0.05, 0.1) is 10.9 Å². The van der Waals surface area contributed by atoms with Gasteiger partial charge in [-0.05, 0) is 0 Å². The molecule has 0 amide bonds. The maximum Gasteiger partial charge on any atom is 0.112 e. The lowest BCUT2D eigenvalue weighted by Crippen LogP contribution is -1.87. The fourth-order valence-electron chi connectivity index (χ4n) is 0.116. The van der Waals surface area contributed by atoms with E-state index in [1.807, 2.05) is 0 Å². The fraction of sp³-hybridized carbons (Fsp3) is 0.333. The highest BCUT2D eigenvalue weighted by Crippen LogP contribution is 1.77. The standard InChI is InChI=1S/C3H6IN3/c4-1-6-3-7-2-5/h2-3H,1H2,(H2,5,6,7). The molecule has 0 atom stereocenters. The Balaban J connectivity index is 3.09. The Labute approximate surface area is 55.9 Å². The van der Waals surface area contributed by atoms with Crippen LogP contribution in [0.4, 0.5) is 0 Å². The summed E-state index contributed by atoms with van der Waals surface area (Å²) in [5, 5.41) is 0. The number of rotatable bonds is 2. The van der Waals surface area contributed by atoms with Crippen molar-refractivity contribution in [3.05, 3.63) is 0 Å². The summed E-state index contributed by atoms with van der Waals surface area (Å²) in [5.74, 6) is 0. The molecule has 0 aliphatic carbocycles. The van der Waals surface area contributed by atoms with Gasteiger partial charge in [0.2, 0.25) is 0 Å². The first-order chi connectivity index (χ1) is 3.41.